The molecule has 0 aliphatic carbocycles. The summed E-state index contributed by atoms with van der Waals surface area (Å²) in [6.45, 7) is 3.79. The smallest absolute Gasteiger partial charge is 0.123 e. The fourth-order valence-electron chi connectivity index (χ4n) is 2.95. The van der Waals surface area contributed by atoms with Crippen molar-refractivity contribution in [1.82, 2.24) is 24.4 Å². The molecule has 0 N–H and O–H groups in total. The average molecular weight is 291 g/mol. The van der Waals surface area contributed by atoms with E-state index in [2.05, 4.69) is 30.5 Å². The Kier molecular flexibility index (Phi) is 3.40. The van der Waals surface area contributed by atoms with Crippen molar-refractivity contribution in [2.75, 3.05) is 6.54 Å². The molecule has 4 rings (SSSR count). The zero-order valence-corrected chi connectivity index (χ0v) is 12.3. The number of imidazole rings is 1. The number of nitrogens with zero attached hydrogens (tertiary/aromatic N) is 5. The summed E-state index contributed by atoms with van der Waals surface area (Å²) in [5.74, 6) is 1.13. The zero-order valence-electron chi connectivity index (χ0n) is 12.3. The van der Waals surface area contributed by atoms with E-state index in [4.69, 9.17) is 0 Å². The van der Waals surface area contributed by atoms with Gasteiger partial charge >= 0.3 is 0 Å². The highest BCUT2D eigenvalue weighted by atomic mass is 15.2. The van der Waals surface area contributed by atoms with Crippen molar-refractivity contribution >= 4 is 0 Å². The van der Waals surface area contributed by atoms with Crippen molar-refractivity contribution in [1.29, 1.82) is 0 Å². The molecule has 3 aromatic rings. The van der Waals surface area contributed by atoms with Gasteiger partial charge in [-0.05, 0) is 23.8 Å². The van der Waals surface area contributed by atoms with Crippen molar-refractivity contribution in [3.8, 4) is 11.3 Å². The van der Waals surface area contributed by atoms with Crippen LogP contribution in [0, 0.1) is 0 Å². The molecular weight excluding hydrogens is 274 g/mol. The molecular formula is C17H17N5. The lowest BCUT2D eigenvalue weighted by Crippen LogP contribution is -2.33. The molecule has 0 radical (unpaired) electrons. The molecule has 1 aliphatic rings. The van der Waals surface area contributed by atoms with Crippen molar-refractivity contribution in [3.63, 3.8) is 0 Å². The third-order valence-electron chi connectivity index (χ3n) is 4.05. The molecule has 110 valence electrons. The summed E-state index contributed by atoms with van der Waals surface area (Å²) in [5.41, 5.74) is 3.60. The van der Waals surface area contributed by atoms with Crippen LogP contribution in [0.3, 0.4) is 0 Å². The number of aromatic nitrogens is 4. The Morgan fingerprint density at radius 1 is 0.955 bits per heavy atom. The van der Waals surface area contributed by atoms with Gasteiger partial charge in [0.1, 0.15) is 5.82 Å². The van der Waals surface area contributed by atoms with E-state index < -0.39 is 0 Å². The summed E-state index contributed by atoms with van der Waals surface area (Å²) in [6, 6.07) is 8.18. The molecule has 0 fully saturated rings. The molecule has 5 nitrogen and oxygen atoms in total. The van der Waals surface area contributed by atoms with Crippen LogP contribution < -0.4 is 0 Å². The van der Waals surface area contributed by atoms with Gasteiger partial charge in [-0.1, -0.05) is 6.07 Å². The second-order valence-corrected chi connectivity index (χ2v) is 5.52. The predicted octanol–water partition coefficient (Wildman–Crippen LogP) is 2.36. The van der Waals surface area contributed by atoms with Crippen LogP contribution in [0.25, 0.3) is 11.3 Å². The van der Waals surface area contributed by atoms with Crippen LogP contribution in [0.1, 0.15) is 11.4 Å². The van der Waals surface area contributed by atoms with E-state index in [-0.39, 0.29) is 0 Å². The summed E-state index contributed by atoms with van der Waals surface area (Å²) < 4.78 is 2.31. The van der Waals surface area contributed by atoms with E-state index >= 15 is 0 Å². The minimum absolute atomic E-state index is 0.875. The Balaban J connectivity index is 1.54. The predicted molar refractivity (Wildman–Crippen MR) is 83.8 cm³/mol. The van der Waals surface area contributed by atoms with Gasteiger partial charge in [-0.25, -0.2) is 4.98 Å². The van der Waals surface area contributed by atoms with Gasteiger partial charge in [0.05, 0.1) is 18.4 Å². The summed E-state index contributed by atoms with van der Waals surface area (Å²) >= 11 is 0. The molecule has 0 unspecified atom stereocenters. The maximum absolute atomic E-state index is 4.61. The lowest BCUT2D eigenvalue weighted by Gasteiger charge is -2.28. The summed E-state index contributed by atoms with van der Waals surface area (Å²) in [7, 11) is 0. The van der Waals surface area contributed by atoms with E-state index in [9.17, 15) is 0 Å². The second-order valence-electron chi connectivity index (χ2n) is 5.52. The summed E-state index contributed by atoms with van der Waals surface area (Å²) in [4.78, 5) is 15.3. The van der Waals surface area contributed by atoms with Crippen LogP contribution in [-0.2, 0) is 19.6 Å². The molecule has 1 aliphatic heterocycles. The van der Waals surface area contributed by atoms with Gasteiger partial charge in [0, 0.05) is 50.0 Å². The first-order valence-electron chi connectivity index (χ1n) is 7.46. The molecule has 0 amide bonds. The molecule has 0 atom stereocenters. The van der Waals surface area contributed by atoms with E-state index in [0.717, 1.165) is 32.0 Å². The van der Waals surface area contributed by atoms with Gasteiger partial charge < -0.3 is 4.57 Å². The molecule has 0 bridgehead atoms. The first-order chi connectivity index (χ1) is 10.9. The molecule has 0 spiro atoms. The Labute approximate surface area is 129 Å². The molecule has 0 saturated carbocycles. The Hall–Kier alpha value is -2.53. The number of pyridine rings is 2. The molecule has 3 aromatic heterocycles. The maximum Gasteiger partial charge on any atom is 0.123 e. The third-order valence-corrected chi connectivity index (χ3v) is 4.05. The van der Waals surface area contributed by atoms with Gasteiger partial charge in [0.15, 0.2) is 0 Å². The quantitative estimate of drug-likeness (QED) is 0.743. The molecule has 5 heteroatoms. The Morgan fingerprint density at radius 2 is 1.86 bits per heavy atom. The van der Waals surface area contributed by atoms with Crippen LogP contribution in [0.2, 0.25) is 0 Å². The van der Waals surface area contributed by atoms with Crippen LogP contribution >= 0.6 is 0 Å². The van der Waals surface area contributed by atoms with Crippen molar-refractivity contribution in [2.45, 2.75) is 19.6 Å². The van der Waals surface area contributed by atoms with E-state index in [0.29, 0.717) is 0 Å². The number of hydrogen-bond acceptors (Lipinski definition) is 4. The van der Waals surface area contributed by atoms with Crippen molar-refractivity contribution < 1.29 is 0 Å². The van der Waals surface area contributed by atoms with Gasteiger partial charge in [0.25, 0.3) is 0 Å². The fraction of sp³-hybridized carbons (Fsp3) is 0.235. The first-order valence-corrected chi connectivity index (χ1v) is 7.46. The van der Waals surface area contributed by atoms with Gasteiger partial charge in [0.2, 0.25) is 0 Å². The SMILES string of the molecule is c1cncc(CN2CCn3c(-c4ccncc4)cnc3C2)c1. The molecule has 0 saturated heterocycles. The van der Waals surface area contributed by atoms with E-state index in [1.165, 1.54) is 16.8 Å². The first kappa shape index (κ1) is 13.2. The highest BCUT2D eigenvalue weighted by Gasteiger charge is 2.20. The molecule has 0 aromatic carbocycles. The highest BCUT2D eigenvalue weighted by molar-refractivity contribution is 5.58. The minimum atomic E-state index is 0.875. The minimum Gasteiger partial charge on any atom is -0.326 e. The normalized spacial score (nSPS) is 14.7. The summed E-state index contributed by atoms with van der Waals surface area (Å²) in [6.07, 6.45) is 9.37. The second kappa shape index (κ2) is 5.69. The maximum atomic E-state index is 4.61. The van der Waals surface area contributed by atoms with Gasteiger partial charge in [-0.3, -0.25) is 14.9 Å². The molecule has 4 heterocycles. The van der Waals surface area contributed by atoms with Crippen molar-refractivity contribution in [2.24, 2.45) is 0 Å². The van der Waals surface area contributed by atoms with Crippen LogP contribution in [0.4, 0.5) is 0 Å². The van der Waals surface area contributed by atoms with Crippen LogP contribution in [0.5, 0.6) is 0 Å². The summed E-state index contributed by atoms with van der Waals surface area (Å²) in [5, 5.41) is 0. The fourth-order valence-corrected chi connectivity index (χ4v) is 2.95. The van der Waals surface area contributed by atoms with Gasteiger partial charge in [-0.15, -0.1) is 0 Å². The monoisotopic (exact) mass is 291 g/mol. The average Bonchev–Trinajstić information content (AvgIpc) is 3.00. The number of hydrogen-bond donors (Lipinski definition) is 0. The van der Waals surface area contributed by atoms with Crippen LogP contribution in [0.15, 0.2) is 55.2 Å². The topological polar surface area (TPSA) is 46.8 Å². The third kappa shape index (κ3) is 2.51. The van der Waals surface area contributed by atoms with Crippen LogP contribution in [-0.4, -0.2) is 31.0 Å². The number of fused-ring (bicyclic) bond motifs is 1. The van der Waals surface area contributed by atoms with E-state index in [1.54, 1.807) is 0 Å². The highest BCUT2D eigenvalue weighted by Crippen LogP contribution is 2.23. The van der Waals surface area contributed by atoms with Crippen molar-refractivity contribution in [3.05, 3.63) is 66.6 Å². The zero-order chi connectivity index (χ0) is 14.8. The molecule has 22 heavy (non-hydrogen) atoms. The largest absolute Gasteiger partial charge is 0.326 e. The van der Waals surface area contributed by atoms with E-state index in [1.807, 2.05) is 49.2 Å². The number of rotatable bonds is 3. The lowest BCUT2D eigenvalue weighted by molar-refractivity contribution is 0.209. The van der Waals surface area contributed by atoms with Gasteiger partial charge in [-0.2, -0.15) is 0 Å². The lowest BCUT2D eigenvalue weighted by atomic mass is 10.2. The Bertz CT molecular complexity index is 751. The Morgan fingerprint density at radius 3 is 2.68 bits per heavy atom. The standard InChI is InChI=1S/C17H17N5/c1-2-14(10-19-5-1)12-21-8-9-22-16(11-20-17(22)13-21)15-3-6-18-7-4-15/h1-7,10-11H,8-9,12-13H2.